The van der Waals surface area contributed by atoms with E-state index >= 15 is 0 Å². The molecule has 6 nitrogen and oxygen atoms in total. The maximum Gasteiger partial charge on any atom is 0.338 e. The van der Waals surface area contributed by atoms with Crippen molar-refractivity contribution in [1.82, 2.24) is 14.8 Å². The largest absolute Gasteiger partial charge is 0.478 e. The quantitative estimate of drug-likeness (QED) is 0.728. The lowest BCUT2D eigenvalue weighted by molar-refractivity contribution is 0.0697. The molecule has 0 aliphatic carbocycles. The zero-order valence-electron chi connectivity index (χ0n) is 9.66. The number of aromatic amines is 1. The number of rotatable bonds is 2. The Balaban J connectivity index is 2.19. The molecule has 6 heteroatoms. The molecule has 0 saturated heterocycles. The number of hydrogen-bond donors (Lipinski definition) is 2. The summed E-state index contributed by atoms with van der Waals surface area (Å²) in [5.41, 5.74) is 2.01. The lowest BCUT2D eigenvalue weighted by atomic mass is 10.1. The number of carboxylic acids is 1. The van der Waals surface area contributed by atoms with Crippen molar-refractivity contribution in [2.75, 3.05) is 0 Å². The number of aromatic nitrogens is 3. The van der Waals surface area contributed by atoms with Crippen LogP contribution in [0.25, 0.3) is 16.6 Å². The maximum atomic E-state index is 10.8. The summed E-state index contributed by atoms with van der Waals surface area (Å²) in [6, 6.07) is 7.46. The molecule has 3 rings (SSSR count). The molecule has 92 valence electrons. The summed E-state index contributed by atoms with van der Waals surface area (Å²) in [7, 11) is 0. The van der Waals surface area contributed by atoms with E-state index in [2.05, 4.69) is 16.2 Å². The normalized spacial score (nSPS) is 10.5. The summed E-state index contributed by atoms with van der Waals surface area (Å²) in [6.07, 6.45) is 4.44. The van der Waals surface area contributed by atoms with Crippen LogP contribution in [0.2, 0.25) is 0 Å². The Morgan fingerprint density at radius 2 is 2.32 bits per heavy atom. The molecule has 3 aromatic rings. The Labute approximate surface area is 107 Å². The van der Waals surface area contributed by atoms with E-state index in [0.29, 0.717) is 11.3 Å². The first-order valence-electron chi connectivity index (χ1n) is 5.48. The van der Waals surface area contributed by atoms with Crippen molar-refractivity contribution in [3.05, 3.63) is 47.9 Å². The smallest absolute Gasteiger partial charge is 0.338 e. The third kappa shape index (κ3) is 1.73. The van der Waals surface area contributed by atoms with Gasteiger partial charge in [0.05, 0.1) is 28.5 Å². The number of fused-ring (bicyclic) bond motifs is 1. The first kappa shape index (κ1) is 11.0. The summed E-state index contributed by atoms with van der Waals surface area (Å²) in [5.74, 6) is -1.03. The molecule has 2 N–H and O–H groups in total. The maximum absolute atomic E-state index is 10.8. The number of H-pyrrole nitrogens is 1. The van der Waals surface area contributed by atoms with Gasteiger partial charge in [0.2, 0.25) is 0 Å². The second-order valence-electron chi connectivity index (χ2n) is 4.03. The fourth-order valence-corrected chi connectivity index (χ4v) is 1.95. The van der Waals surface area contributed by atoms with Gasteiger partial charge in [-0.15, -0.1) is 0 Å². The van der Waals surface area contributed by atoms with Gasteiger partial charge >= 0.3 is 5.97 Å². The fourth-order valence-electron chi connectivity index (χ4n) is 1.95. The number of nitrogens with one attached hydrogen (secondary N) is 1. The van der Waals surface area contributed by atoms with Gasteiger partial charge in [0, 0.05) is 17.8 Å². The number of hydrogen-bond acceptors (Lipinski definition) is 3. The molecule has 0 amide bonds. The predicted molar refractivity (Wildman–Crippen MR) is 67.1 cm³/mol. The van der Waals surface area contributed by atoms with Gasteiger partial charge in [-0.25, -0.2) is 9.48 Å². The van der Waals surface area contributed by atoms with E-state index in [1.807, 2.05) is 12.1 Å². The second-order valence-corrected chi connectivity index (χ2v) is 4.03. The Hall–Kier alpha value is -3.07. The van der Waals surface area contributed by atoms with Crippen molar-refractivity contribution in [2.24, 2.45) is 0 Å². The van der Waals surface area contributed by atoms with Crippen molar-refractivity contribution >= 4 is 16.9 Å². The zero-order valence-corrected chi connectivity index (χ0v) is 9.66. The third-order valence-corrected chi connectivity index (χ3v) is 2.86. The Morgan fingerprint density at radius 1 is 1.47 bits per heavy atom. The highest BCUT2D eigenvalue weighted by atomic mass is 16.4. The first-order valence-corrected chi connectivity index (χ1v) is 5.48. The molecule has 0 bridgehead atoms. The molecule has 0 fully saturated rings. The Bertz CT molecular complexity index is 823. The van der Waals surface area contributed by atoms with Crippen LogP contribution in [0, 0.1) is 11.3 Å². The van der Waals surface area contributed by atoms with Gasteiger partial charge in [0.25, 0.3) is 0 Å². The van der Waals surface area contributed by atoms with Crippen molar-refractivity contribution in [1.29, 1.82) is 5.26 Å². The lowest BCUT2D eigenvalue weighted by Crippen LogP contribution is -1.96. The van der Waals surface area contributed by atoms with Gasteiger partial charge in [-0.3, -0.25) is 0 Å². The van der Waals surface area contributed by atoms with E-state index in [9.17, 15) is 4.79 Å². The van der Waals surface area contributed by atoms with E-state index < -0.39 is 5.97 Å². The molecular weight excluding hydrogens is 244 g/mol. The first-order chi connectivity index (χ1) is 9.19. The van der Waals surface area contributed by atoms with E-state index in [1.165, 1.54) is 17.1 Å². The highest BCUT2D eigenvalue weighted by Crippen LogP contribution is 2.21. The lowest BCUT2D eigenvalue weighted by Gasteiger charge is -2.03. The minimum atomic E-state index is -1.03. The summed E-state index contributed by atoms with van der Waals surface area (Å²) in [4.78, 5) is 13.8. The van der Waals surface area contributed by atoms with Gasteiger partial charge in [-0.1, -0.05) is 0 Å². The molecule has 0 spiro atoms. The monoisotopic (exact) mass is 252 g/mol. The van der Waals surface area contributed by atoms with Crippen molar-refractivity contribution in [2.45, 2.75) is 0 Å². The number of nitrogens with zero attached hydrogens (tertiary/aromatic N) is 3. The van der Waals surface area contributed by atoms with Crippen LogP contribution in [0.3, 0.4) is 0 Å². The average Bonchev–Trinajstić information content (AvgIpc) is 3.05. The molecule has 0 aliphatic heterocycles. The van der Waals surface area contributed by atoms with Gasteiger partial charge in [-0.2, -0.15) is 10.4 Å². The van der Waals surface area contributed by atoms with Crippen molar-refractivity contribution in [3.8, 4) is 11.8 Å². The van der Waals surface area contributed by atoms with E-state index in [4.69, 9.17) is 10.4 Å². The average molecular weight is 252 g/mol. The van der Waals surface area contributed by atoms with Crippen LogP contribution in [-0.2, 0) is 0 Å². The molecule has 1 aromatic carbocycles. The highest BCUT2D eigenvalue weighted by Gasteiger charge is 2.10. The molecule has 0 atom stereocenters. The van der Waals surface area contributed by atoms with Gasteiger partial charge in [-0.05, 0) is 18.2 Å². The van der Waals surface area contributed by atoms with Gasteiger partial charge < -0.3 is 10.1 Å². The molecule has 2 aromatic heterocycles. The molecule has 0 radical (unpaired) electrons. The van der Waals surface area contributed by atoms with Crippen LogP contribution in [0.5, 0.6) is 0 Å². The number of carboxylic acid groups (broad SMARTS) is 1. The number of aromatic carboxylic acids is 1. The summed E-state index contributed by atoms with van der Waals surface area (Å²) < 4.78 is 1.44. The molecule has 0 aliphatic rings. The molecule has 19 heavy (non-hydrogen) atoms. The van der Waals surface area contributed by atoms with Crippen LogP contribution < -0.4 is 0 Å². The van der Waals surface area contributed by atoms with Crippen LogP contribution in [-0.4, -0.2) is 25.8 Å². The fraction of sp³-hybridized carbons (Fsp3) is 0. The van der Waals surface area contributed by atoms with Gasteiger partial charge in [0.1, 0.15) is 6.07 Å². The van der Waals surface area contributed by atoms with E-state index in [1.54, 1.807) is 12.3 Å². The number of carbonyl (C=O) groups is 1. The zero-order chi connectivity index (χ0) is 13.4. The van der Waals surface area contributed by atoms with Crippen LogP contribution in [0.4, 0.5) is 0 Å². The molecule has 2 heterocycles. The van der Waals surface area contributed by atoms with Crippen LogP contribution in [0.15, 0.2) is 36.8 Å². The summed E-state index contributed by atoms with van der Waals surface area (Å²) in [5, 5.41) is 22.9. The predicted octanol–water partition coefficient (Wildman–Crippen LogP) is 1.92. The van der Waals surface area contributed by atoms with Crippen LogP contribution in [0.1, 0.15) is 15.9 Å². The minimum absolute atomic E-state index is 0.104. The summed E-state index contributed by atoms with van der Waals surface area (Å²) >= 11 is 0. The van der Waals surface area contributed by atoms with Gasteiger partial charge in [0.15, 0.2) is 0 Å². The topological polar surface area (TPSA) is 94.7 Å². The van der Waals surface area contributed by atoms with Crippen molar-refractivity contribution in [3.63, 3.8) is 0 Å². The SMILES string of the molecule is N#Cc1cc(-n2cc(C(=O)O)cn2)cc2cc[nH]c12. The summed E-state index contributed by atoms with van der Waals surface area (Å²) in [6.45, 7) is 0. The Morgan fingerprint density at radius 3 is 3.00 bits per heavy atom. The van der Waals surface area contributed by atoms with E-state index in [0.717, 1.165) is 10.9 Å². The third-order valence-electron chi connectivity index (χ3n) is 2.86. The van der Waals surface area contributed by atoms with E-state index in [-0.39, 0.29) is 5.56 Å². The second kappa shape index (κ2) is 3.99. The van der Waals surface area contributed by atoms with Crippen molar-refractivity contribution < 1.29 is 9.90 Å². The molecule has 0 saturated carbocycles. The number of nitriles is 1. The highest BCUT2D eigenvalue weighted by molar-refractivity contribution is 5.88. The van der Waals surface area contributed by atoms with Crippen LogP contribution >= 0.6 is 0 Å². The minimum Gasteiger partial charge on any atom is -0.478 e. The molecule has 0 unspecified atom stereocenters. The number of benzene rings is 1. The standard InChI is InChI=1S/C13H8N4O2/c14-5-9-4-11(3-8-1-2-15-12(8)9)17-7-10(6-16-17)13(18)19/h1-4,6-7,15H,(H,18,19). The Kier molecular flexibility index (Phi) is 2.32. The molecular formula is C13H8N4O2.